The lowest BCUT2D eigenvalue weighted by Crippen LogP contribution is -2.06. The second-order valence-corrected chi connectivity index (χ2v) is 6.15. The molecule has 4 rings (SSSR count). The number of hydrogen-bond acceptors (Lipinski definition) is 4. The zero-order valence-corrected chi connectivity index (χ0v) is 11.7. The van der Waals surface area contributed by atoms with Gasteiger partial charge in [0.15, 0.2) is 5.01 Å². The van der Waals surface area contributed by atoms with E-state index >= 15 is 0 Å². The molecule has 1 aromatic carbocycles. The third-order valence-electron chi connectivity index (χ3n) is 3.79. The molecule has 3 aromatic rings. The zero-order chi connectivity index (χ0) is 14.6. The number of H-pyrrole nitrogens is 1. The molecule has 1 saturated carbocycles. The summed E-state index contributed by atoms with van der Waals surface area (Å²) in [5.41, 5.74) is 0.782. The van der Waals surface area contributed by atoms with E-state index in [0.717, 1.165) is 0 Å². The number of nitrogens with zero attached hydrogens (tertiary/aromatic N) is 1. The van der Waals surface area contributed by atoms with Crippen LogP contribution in [0.4, 0.5) is 4.39 Å². The molecule has 2 heterocycles. The van der Waals surface area contributed by atoms with Crippen molar-refractivity contribution in [3.05, 3.63) is 51.9 Å². The summed E-state index contributed by atoms with van der Waals surface area (Å²) in [6, 6.07) is 4.26. The number of hydrogen-bond donors (Lipinski definition) is 2. The van der Waals surface area contributed by atoms with Crippen LogP contribution in [0.15, 0.2) is 29.8 Å². The fraction of sp³-hybridized carbons (Fsp3) is 0.200. The number of carbonyl (C=O) groups is 1. The number of thiazole rings is 1. The van der Waals surface area contributed by atoms with Gasteiger partial charge in [-0.15, -0.1) is 11.3 Å². The highest BCUT2D eigenvalue weighted by Crippen LogP contribution is 2.45. The second-order valence-electron chi connectivity index (χ2n) is 5.29. The van der Waals surface area contributed by atoms with Crippen LogP contribution in [0.2, 0.25) is 0 Å². The summed E-state index contributed by atoms with van der Waals surface area (Å²) >= 11 is 1.23. The lowest BCUT2D eigenvalue weighted by Gasteiger charge is -2.00. The van der Waals surface area contributed by atoms with Crippen LogP contribution in [0.5, 0.6) is 0 Å². The van der Waals surface area contributed by atoms with Gasteiger partial charge in [0.25, 0.3) is 0 Å². The molecule has 6 heteroatoms. The minimum absolute atomic E-state index is 0.214. The van der Waals surface area contributed by atoms with Gasteiger partial charge in [-0.2, -0.15) is 0 Å². The predicted octanol–water partition coefficient (Wildman–Crippen LogP) is 2.98. The van der Waals surface area contributed by atoms with Crippen molar-refractivity contribution in [2.24, 2.45) is 0 Å². The van der Waals surface area contributed by atoms with Gasteiger partial charge in [0.1, 0.15) is 11.4 Å². The number of benzene rings is 1. The number of ketones is 1. The maximum absolute atomic E-state index is 13.2. The highest BCUT2D eigenvalue weighted by molar-refractivity contribution is 7.12. The lowest BCUT2D eigenvalue weighted by atomic mass is 10.1. The third-order valence-corrected chi connectivity index (χ3v) is 4.63. The number of halogens is 1. The molecule has 4 nitrogen and oxygen atoms in total. The van der Waals surface area contributed by atoms with Crippen molar-refractivity contribution in [3.63, 3.8) is 0 Å². The first-order chi connectivity index (χ1) is 10.1. The number of aromatic nitrogens is 2. The van der Waals surface area contributed by atoms with E-state index in [0.29, 0.717) is 40.0 Å². The Morgan fingerprint density at radius 1 is 1.43 bits per heavy atom. The highest BCUT2D eigenvalue weighted by Gasteiger charge is 2.44. The van der Waals surface area contributed by atoms with Gasteiger partial charge >= 0.3 is 0 Å². The number of aromatic amines is 1. The minimum Gasteiger partial charge on any atom is -0.384 e. The predicted molar refractivity (Wildman–Crippen MR) is 76.9 cm³/mol. The summed E-state index contributed by atoms with van der Waals surface area (Å²) in [5, 5.41) is 12.8. The standard InChI is InChI=1S/C15H11FN2O2S/c16-8-1-2-9-10(6-17-11(9)5-8)13(19)14-18-12(7-21-14)15(20)3-4-15/h1-2,5-7,17,20H,3-4H2. The molecule has 0 spiro atoms. The average molecular weight is 302 g/mol. The topological polar surface area (TPSA) is 66.0 Å². The van der Waals surface area contributed by atoms with E-state index in [1.807, 2.05) is 0 Å². The van der Waals surface area contributed by atoms with Gasteiger partial charge in [0, 0.05) is 22.5 Å². The number of carbonyl (C=O) groups excluding carboxylic acids is 1. The maximum atomic E-state index is 13.2. The molecular weight excluding hydrogens is 291 g/mol. The van der Waals surface area contributed by atoms with Crippen LogP contribution in [0.25, 0.3) is 10.9 Å². The van der Waals surface area contributed by atoms with E-state index in [4.69, 9.17) is 0 Å². The van der Waals surface area contributed by atoms with Crippen molar-refractivity contribution < 1.29 is 14.3 Å². The zero-order valence-electron chi connectivity index (χ0n) is 10.9. The van der Waals surface area contributed by atoms with Gasteiger partial charge in [-0.1, -0.05) is 0 Å². The molecule has 0 bridgehead atoms. The number of nitrogens with one attached hydrogen (secondary N) is 1. The van der Waals surface area contributed by atoms with Gasteiger partial charge in [0.2, 0.25) is 5.78 Å². The Hall–Kier alpha value is -2.05. The Bertz CT molecular complexity index is 864. The quantitative estimate of drug-likeness (QED) is 0.731. The smallest absolute Gasteiger partial charge is 0.223 e. The second kappa shape index (κ2) is 4.22. The monoisotopic (exact) mass is 302 g/mol. The molecular formula is C15H11FN2O2S. The largest absolute Gasteiger partial charge is 0.384 e. The van der Waals surface area contributed by atoms with Gasteiger partial charge in [-0.05, 0) is 31.0 Å². The van der Waals surface area contributed by atoms with Crippen molar-refractivity contribution in [1.29, 1.82) is 0 Å². The number of rotatable bonds is 3. The summed E-state index contributed by atoms with van der Waals surface area (Å²) in [4.78, 5) is 19.7. The Morgan fingerprint density at radius 3 is 3.00 bits per heavy atom. The summed E-state index contributed by atoms with van der Waals surface area (Å²) < 4.78 is 13.2. The van der Waals surface area contributed by atoms with E-state index in [1.165, 1.54) is 23.5 Å². The van der Waals surface area contributed by atoms with Crippen LogP contribution in [-0.2, 0) is 5.60 Å². The molecule has 1 aliphatic carbocycles. The molecule has 1 fully saturated rings. The maximum Gasteiger partial charge on any atom is 0.223 e. The first-order valence-electron chi connectivity index (χ1n) is 6.56. The number of fused-ring (bicyclic) bond motifs is 1. The molecule has 21 heavy (non-hydrogen) atoms. The summed E-state index contributed by atoms with van der Waals surface area (Å²) in [6.45, 7) is 0. The molecule has 0 aliphatic heterocycles. The van der Waals surface area contributed by atoms with Crippen LogP contribution >= 0.6 is 11.3 Å². The highest BCUT2D eigenvalue weighted by atomic mass is 32.1. The first kappa shape index (κ1) is 12.7. The normalized spacial score (nSPS) is 16.3. The van der Waals surface area contributed by atoms with E-state index < -0.39 is 5.60 Å². The fourth-order valence-corrected chi connectivity index (χ4v) is 3.23. The van der Waals surface area contributed by atoms with E-state index in [2.05, 4.69) is 9.97 Å². The van der Waals surface area contributed by atoms with E-state index in [-0.39, 0.29) is 11.6 Å². The van der Waals surface area contributed by atoms with Gasteiger partial charge < -0.3 is 10.1 Å². The van der Waals surface area contributed by atoms with E-state index in [9.17, 15) is 14.3 Å². The lowest BCUT2D eigenvalue weighted by molar-refractivity contribution is 0.103. The Kier molecular flexibility index (Phi) is 2.55. The summed E-state index contributed by atoms with van der Waals surface area (Å²) in [6.07, 6.45) is 2.95. The van der Waals surface area contributed by atoms with Crippen LogP contribution < -0.4 is 0 Å². The average Bonchev–Trinajstić information content (AvgIpc) is 2.94. The Labute approximate surface area is 123 Å². The molecule has 2 N–H and O–H groups in total. The SMILES string of the molecule is O=C(c1nc(C2(O)CC2)cs1)c1c[nH]c2cc(F)ccc12. The summed E-state index contributed by atoms with van der Waals surface area (Å²) in [7, 11) is 0. The van der Waals surface area contributed by atoms with Crippen LogP contribution in [0.1, 0.15) is 33.9 Å². The Morgan fingerprint density at radius 2 is 2.24 bits per heavy atom. The van der Waals surface area contributed by atoms with Crippen LogP contribution in [0.3, 0.4) is 0 Å². The summed E-state index contributed by atoms with van der Waals surface area (Å²) in [5.74, 6) is -0.566. The molecule has 2 aromatic heterocycles. The molecule has 1 aliphatic rings. The molecule has 106 valence electrons. The van der Waals surface area contributed by atoms with Gasteiger partial charge in [-0.3, -0.25) is 4.79 Å². The molecule has 0 amide bonds. The van der Waals surface area contributed by atoms with Crippen molar-refractivity contribution >= 4 is 28.0 Å². The minimum atomic E-state index is -0.835. The van der Waals surface area contributed by atoms with Gasteiger partial charge in [-0.25, -0.2) is 9.37 Å². The fourth-order valence-electron chi connectivity index (χ4n) is 2.37. The van der Waals surface area contributed by atoms with Crippen LogP contribution in [-0.4, -0.2) is 20.9 Å². The van der Waals surface area contributed by atoms with Crippen LogP contribution in [0, 0.1) is 5.82 Å². The van der Waals surface area contributed by atoms with Gasteiger partial charge in [0.05, 0.1) is 11.3 Å². The van der Waals surface area contributed by atoms with Crippen molar-refractivity contribution in [1.82, 2.24) is 9.97 Å². The molecule has 0 saturated heterocycles. The van der Waals surface area contributed by atoms with Crippen molar-refractivity contribution in [2.45, 2.75) is 18.4 Å². The van der Waals surface area contributed by atoms with Crippen molar-refractivity contribution in [2.75, 3.05) is 0 Å². The Balaban J connectivity index is 1.74. The van der Waals surface area contributed by atoms with Crippen molar-refractivity contribution in [3.8, 4) is 0 Å². The first-order valence-corrected chi connectivity index (χ1v) is 7.44. The molecule has 0 unspecified atom stereocenters. The van der Waals surface area contributed by atoms with E-state index in [1.54, 1.807) is 17.6 Å². The molecule has 0 radical (unpaired) electrons. The molecule has 0 atom stereocenters. The third kappa shape index (κ3) is 1.99. The number of aliphatic hydroxyl groups is 1.